The molecule has 0 aliphatic heterocycles. The summed E-state index contributed by atoms with van der Waals surface area (Å²) in [5.41, 5.74) is 2.54. The number of nitriles is 1. The van der Waals surface area contributed by atoms with Crippen LogP contribution in [-0.4, -0.2) is 24.4 Å². The van der Waals surface area contributed by atoms with Crippen LogP contribution in [0, 0.1) is 11.3 Å². The maximum absolute atomic E-state index is 12.1. The van der Waals surface area contributed by atoms with Gasteiger partial charge in [-0.3, -0.25) is 9.59 Å². The maximum Gasteiger partial charge on any atom is 0.338 e. The standard InChI is InChI=1S/C22H23N3O4/c1-3-15(2)16-4-8-19(9-5-16)25-21(27)14-29-22(28)17-6-10-18(11-7-17)24-20(26)12-13-23/h4-11,15H,3,12,14H2,1-2H3,(H,24,26)(H,25,27)/t15-/m0/s1. The highest BCUT2D eigenvalue weighted by Gasteiger charge is 2.11. The second-order valence-corrected chi connectivity index (χ2v) is 6.52. The van der Waals surface area contributed by atoms with E-state index in [1.54, 1.807) is 6.07 Å². The first-order valence-electron chi connectivity index (χ1n) is 9.26. The molecule has 0 bridgehead atoms. The maximum atomic E-state index is 12.1. The van der Waals surface area contributed by atoms with E-state index in [2.05, 4.69) is 24.5 Å². The van der Waals surface area contributed by atoms with Crippen molar-refractivity contribution >= 4 is 29.2 Å². The fourth-order valence-electron chi connectivity index (χ4n) is 2.51. The van der Waals surface area contributed by atoms with E-state index >= 15 is 0 Å². The van der Waals surface area contributed by atoms with E-state index in [-0.39, 0.29) is 12.0 Å². The van der Waals surface area contributed by atoms with Gasteiger partial charge in [-0.1, -0.05) is 26.0 Å². The SMILES string of the molecule is CC[C@H](C)c1ccc(NC(=O)COC(=O)c2ccc(NC(=O)CC#N)cc2)cc1. The van der Waals surface area contributed by atoms with E-state index in [0.717, 1.165) is 6.42 Å². The summed E-state index contributed by atoms with van der Waals surface area (Å²) in [5, 5.41) is 13.7. The Kier molecular flexibility index (Phi) is 7.92. The third-order valence-corrected chi connectivity index (χ3v) is 4.35. The molecule has 7 heteroatoms. The van der Waals surface area contributed by atoms with Gasteiger partial charge in [-0.15, -0.1) is 0 Å². The Balaban J connectivity index is 1.83. The van der Waals surface area contributed by atoms with Crippen LogP contribution < -0.4 is 10.6 Å². The van der Waals surface area contributed by atoms with Crippen LogP contribution in [0.3, 0.4) is 0 Å². The number of benzene rings is 2. The number of hydrogen-bond donors (Lipinski definition) is 2. The van der Waals surface area contributed by atoms with Gasteiger partial charge in [-0.05, 0) is 54.3 Å². The highest BCUT2D eigenvalue weighted by Crippen LogP contribution is 2.20. The molecule has 2 amide bonds. The molecular weight excluding hydrogens is 370 g/mol. The molecule has 0 radical (unpaired) electrons. The minimum Gasteiger partial charge on any atom is -0.452 e. The topological polar surface area (TPSA) is 108 Å². The smallest absolute Gasteiger partial charge is 0.338 e. The molecule has 29 heavy (non-hydrogen) atoms. The Labute approximate surface area is 169 Å². The second kappa shape index (κ2) is 10.6. The van der Waals surface area contributed by atoms with Gasteiger partial charge in [0.1, 0.15) is 6.42 Å². The highest BCUT2D eigenvalue weighted by molar-refractivity contribution is 5.96. The number of nitrogens with zero attached hydrogens (tertiary/aromatic N) is 1. The molecule has 7 nitrogen and oxygen atoms in total. The van der Waals surface area contributed by atoms with E-state index in [0.29, 0.717) is 17.3 Å². The first-order chi connectivity index (χ1) is 13.9. The molecule has 2 rings (SSSR count). The number of carbonyl (C=O) groups excluding carboxylic acids is 3. The molecule has 0 unspecified atom stereocenters. The predicted molar refractivity (Wildman–Crippen MR) is 109 cm³/mol. The Morgan fingerprint density at radius 1 is 0.966 bits per heavy atom. The van der Waals surface area contributed by atoms with Crippen molar-refractivity contribution in [1.29, 1.82) is 5.26 Å². The lowest BCUT2D eigenvalue weighted by atomic mass is 9.99. The Bertz CT molecular complexity index is 899. The molecule has 0 heterocycles. The average Bonchev–Trinajstić information content (AvgIpc) is 2.72. The first-order valence-corrected chi connectivity index (χ1v) is 9.26. The van der Waals surface area contributed by atoms with Gasteiger partial charge in [-0.25, -0.2) is 4.79 Å². The summed E-state index contributed by atoms with van der Waals surface area (Å²) in [6.45, 7) is 3.85. The minimum atomic E-state index is -0.651. The van der Waals surface area contributed by atoms with Crippen molar-refractivity contribution in [3.8, 4) is 6.07 Å². The number of anilines is 2. The van der Waals surface area contributed by atoms with Gasteiger partial charge in [0, 0.05) is 11.4 Å². The Morgan fingerprint density at radius 2 is 1.52 bits per heavy atom. The number of amides is 2. The third-order valence-electron chi connectivity index (χ3n) is 4.35. The summed E-state index contributed by atoms with van der Waals surface area (Å²) >= 11 is 0. The van der Waals surface area contributed by atoms with Crippen LogP contribution in [0.5, 0.6) is 0 Å². The van der Waals surface area contributed by atoms with Crippen molar-refractivity contribution in [2.45, 2.75) is 32.6 Å². The van der Waals surface area contributed by atoms with Gasteiger partial charge in [0.25, 0.3) is 5.91 Å². The van der Waals surface area contributed by atoms with Crippen molar-refractivity contribution in [2.75, 3.05) is 17.2 Å². The highest BCUT2D eigenvalue weighted by atomic mass is 16.5. The molecule has 2 aromatic carbocycles. The molecular formula is C22H23N3O4. The number of rotatable bonds is 8. The molecule has 0 aliphatic rings. The van der Waals surface area contributed by atoms with Crippen molar-refractivity contribution in [3.63, 3.8) is 0 Å². The molecule has 0 saturated heterocycles. The van der Waals surface area contributed by atoms with Gasteiger partial charge in [-0.2, -0.15) is 5.26 Å². The molecule has 0 aliphatic carbocycles. The van der Waals surface area contributed by atoms with Crippen LogP contribution in [0.2, 0.25) is 0 Å². The lowest BCUT2D eigenvalue weighted by Crippen LogP contribution is -2.21. The van der Waals surface area contributed by atoms with Gasteiger partial charge in [0.2, 0.25) is 5.91 Å². The fraction of sp³-hybridized carbons (Fsp3) is 0.273. The van der Waals surface area contributed by atoms with Crippen LogP contribution >= 0.6 is 0 Å². The molecule has 0 fully saturated rings. The van der Waals surface area contributed by atoms with Crippen molar-refractivity contribution in [2.24, 2.45) is 0 Å². The predicted octanol–water partition coefficient (Wildman–Crippen LogP) is 3.85. The summed E-state index contributed by atoms with van der Waals surface area (Å²) in [4.78, 5) is 35.4. The number of nitrogens with one attached hydrogen (secondary N) is 2. The molecule has 1 atom stereocenters. The van der Waals surface area contributed by atoms with Gasteiger partial charge >= 0.3 is 5.97 Å². The number of ether oxygens (including phenoxy) is 1. The quantitative estimate of drug-likeness (QED) is 0.662. The molecule has 0 aromatic heterocycles. The van der Waals surface area contributed by atoms with E-state index in [4.69, 9.17) is 10.00 Å². The number of carbonyl (C=O) groups is 3. The van der Waals surface area contributed by atoms with Gasteiger partial charge < -0.3 is 15.4 Å². The largest absolute Gasteiger partial charge is 0.452 e. The minimum absolute atomic E-state index is 0.244. The van der Waals surface area contributed by atoms with E-state index in [9.17, 15) is 14.4 Å². The zero-order chi connectivity index (χ0) is 21.2. The Hall–Kier alpha value is -3.66. The molecule has 0 spiro atoms. The summed E-state index contributed by atoms with van der Waals surface area (Å²) in [6, 6.07) is 15.3. The van der Waals surface area contributed by atoms with E-state index in [1.165, 1.54) is 29.8 Å². The van der Waals surface area contributed by atoms with E-state index < -0.39 is 24.4 Å². The number of esters is 1. The van der Waals surface area contributed by atoms with Crippen molar-refractivity contribution in [3.05, 3.63) is 59.7 Å². The van der Waals surface area contributed by atoms with Crippen LogP contribution in [0.15, 0.2) is 48.5 Å². The normalized spacial score (nSPS) is 11.1. The fourth-order valence-corrected chi connectivity index (χ4v) is 2.51. The Morgan fingerprint density at radius 3 is 2.07 bits per heavy atom. The van der Waals surface area contributed by atoms with E-state index in [1.807, 2.05) is 24.3 Å². The van der Waals surface area contributed by atoms with Crippen molar-refractivity contribution in [1.82, 2.24) is 0 Å². The summed E-state index contributed by atoms with van der Waals surface area (Å²) in [7, 11) is 0. The summed E-state index contributed by atoms with van der Waals surface area (Å²) < 4.78 is 5.02. The first kappa shape index (κ1) is 21.6. The zero-order valence-corrected chi connectivity index (χ0v) is 16.4. The molecule has 2 N–H and O–H groups in total. The van der Waals surface area contributed by atoms with Crippen molar-refractivity contribution < 1.29 is 19.1 Å². The zero-order valence-electron chi connectivity index (χ0n) is 16.4. The monoisotopic (exact) mass is 393 g/mol. The lowest BCUT2D eigenvalue weighted by Gasteiger charge is -2.11. The van der Waals surface area contributed by atoms with Gasteiger partial charge in [0.05, 0.1) is 11.6 Å². The summed E-state index contributed by atoms with van der Waals surface area (Å²) in [6.07, 6.45) is 0.786. The van der Waals surface area contributed by atoms with Crippen LogP contribution in [0.4, 0.5) is 11.4 Å². The van der Waals surface area contributed by atoms with Crippen LogP contribution in [-0.2, 0) is 14.3 Å². The van der Waals surface area contributed by atoms with Gasteiger partial charge in [0.15, 0.2) is 6.61 Å². The molecule has 150 valence electrons. The van der Waals surface area contributed by atoms with Crippen LogP contribution in [0.25, 0.3) is 0 Å². The van der Waals surface area contributed by atoms with Crippen LogP contribution in [0.1, 0.15) is 48.5 Å². The summed E-state index contributed by atoms with van der Waals surface area (Å²) in [5.74, 6) is -1.07. The molecule has 0 saturated carbocycles. The lowest BCUT2D eigenvalue weighted by molar-refractivity contribution is -0.119. The number of hydrogen-bond acceptors (Lipinski definition) is 5. The second-order valence-electron chi connectivity index (χ2n) is 6.52. The third kappa shape index (κ3) is 6.78. The molecule has 2 aromatic rings. The average molecular weight is 393 g/mol.